The first-order valence-electron chi connectivity index (χ1n) is 6.19. The summed E-state index contributed by atoms with van der Waals surface area (Å²) < 4.78 is 0. The molecule has 0 radical (unpaired) electrons. The fraction of sp³-hybridized carbons (Fsp3) is 0.467. The van der Waals surface area contributed by atoms with E-state index in [2.05, 4.69) is 37.3 Å². The lowest BCUT2D eigenvalue weighted by molar-refractivity contribution is 0.666. The molecule has 0 nitrogen and oxygen atoms in total. The van der Waals surface area contributed by atoms with Crippen molar-refractivity contribution in [3.05, 3.63) is 41.0 Å². The summed E-state index contributed by atoms with van der Waals surface area (Å²) in [6, 6.07) is 6.76. The van der Waals surface area contributed by atoms with Crippen LogP contribution in [0.1, 0.15) is 49.3 Å². The fourth-order valence-corrected chi connectivity index (χ4v) is 2.32. The highest BCUT2D eigenvalue weighted by Gasteiger charge is 2.08. The van der Waals surface area contributed by atoms with Crippen LogP contribution in [0.4, 0.5) is 0 Å². The first-order chi connectivity index (χ1) is 7.42. The van der Waals surface area contributed by atoms with Gasteiger partial charge in [-0.1, -0.05) is 56.5 Å². The number of aryl methyl sites for hydroxylation is 1. The zero-order valence-corrected chi connectivity index (χ0v) is 9.63. The van der Waals surface area contributed by atoms with Gasteiger partial charge in [0.25, 0.3) is 0 Å². The normalized spacial score (nSPS) is 13.1. The fourth-order valence-electron chi connectivity index (χ4n) is 2.32. The Hall–Kier alpha value is -1.04. The van der Waals surface area contributed by atoms with Crippen molar-refractivity contribution in [1.82, 2.24) is 0 Å². The molecule has 2 rings (SSSR count). The van der Waals surface area contributed by atoms with Crippen molar-refractivity contribution < 1.29 is 0 Å². The number of benzene rings is 1. The van der Waals surface area contributed by atoms with E-state index in [0.717, 1.165) is 6.42 Å². The van der Waals surface area contributed by atoms with Crippen molar-refractivity contribution in [3.63, 3.8) is 0 Å². The molecule has 0 heteroatoms. The van der Waals surface area contributed by atoms with Gasteiger partial charge in [0.15, 0.2) is 0 Å². The minimum absolute atomic E-state index is 1.14. The van der Waals surface area contributed by atoms with Crippen LogP contribution in [0.2, 0.25) is 0 Å². The molecule has 15 heavy (non-hydrogen) atoms. The summed E-state index contributed by atoms with van der Waals surface area (Å²) in [5.74, 6) is 0. The number of unbranched alkanes of at least 4 members (excludes halogenated alkanes) is 3. The predicted octanol–water partition coefficient (Wildman–Crippen LogP) is 4.38. The Labute approximate surface area is 93.0 Å². The number of hydrogen-bond acceptors (Lipinski definition) is 0. The molecule has 0 saturated carbocycles. The summed E-state index contributed by atoms with van der Waals surface area (Å²) in [4.78, 5) is 0. The second-order valence-corrected chi connectivity index (χ2v) is 4.41. The Morgan fingerprint density at radius 1 is 1.13 bits per heavy atom. The molecule has 1 aromatic rings. The predicted molar refractivity (Wildman–Crippen MR) is 67.0 cm³/mol. The average molecular weight is 200 g/mol. The lowest BCUT2D eigenvalue weighted by atomic mass is 9.98. The molecule has 80 valence electrons. The summed E-state index contributed by atoms with van der Waals surface area (Å²) in [6.45, 7) is 2.27. The highest BCUT2D eigenvalue weighted by Crippen LogP contribution is 2.24. The van der Waals surface area contributed by atoms with E-state index in [4.69, 9.17) is 0 Å². The lowest BCUT2D eigenvalue weighted by Crippen LogP contribution is -1.92. The highest BCUT2D eigenvalue weighted by atomic mass is 14.1. The molecule has 0 atom stereocenters. The van der Waals surface area contributed by atoms with Crippen molar-refractivity contribution in [2.45, 2.75) is 45.4 Å². The maximum Gasteiger partial charge on any atom is -0.00881 e. The van der Waals surface area contributed by atoms with Gasteiger partial charge >= 0.3 is 0 Å². The molecule has 1 aliphatic rings. The van der Waals surface area contributed by atoms with Crippen molar-refractivity contribution in [2.75, 3.05) is 0 Å². The van der Waals surface area contributed by atoms with Crippen LogP contribution in [-0.2, 0) is 12.8 Å². The lowest BCUT2D eigenvalue weighted by Gasteiger charge is -2.07. The van der Waals surface area contributed by atoms with Crippen molar-refractivity contribution in [3.8, 4) is 0 Å². The van der Waals surface area contributed by atoms with E-state index in [1.165, 1.54) is 43.2 Å². The number of allylic oxidation sites excluding steroid dienone is 1. The molecule has 0 bridgehead atoms. The van der Waals surface area contributed by atoms with Gasteiger partial charge < -0.3 is 0 Å². The maximum atomic E-state index is 2.30. The summed E-state index contributed by atoms with van der Waals surface area (Å²) in [6.07, 6.45) is 12.4. The Morgan fingerprint density at radius 2 is 2.07 bits per heavy atom. The molecule has 0 aromatic heterocycles. The molecule has 1 aromatic carbocycles. The van der Waals surface area contributed by atoms with Gasteiger partial charge in [0.05, 0.1) is 0 Å². The summed E-state index contributed by atoms with van der Waals surface area (Å²) in [7, 11) is 0. The molecule has 0 N–H and O–H groups in total. The minimum Gasteiger partial charge on any atom is -0.0795 e. The van der Waals surface area contributed by atoms with Crippen LogP contribution >= 0.6 is 0 Å². The third-order valence-electron chi connectivity index (χ3n) is 3.21. The van der Waals surface area contributed by atoms with E-state index in [1.54, 1.807) is 5.56 Å². The molecule has 0 unspecified atom stereocenters. The molecule has 0 saturated heterocycles. The third-order valence-corrected chi connectivity index (χ3v) is 3.21. The maximum absolute atomic E-state index is 2.30. The second kappa shape index (κ2) is 5.16. The van der Waals surface area contributed by atoms with Gasteiger partial charge in [-0.05, 0) is 36.0 Å². The molecular weight excluding hydrogens is 180 g/mol. The topological polar surface area (TPSA) is 0 Å². The molecule has 0 amide bonds. The van der Waals surface area contributed by atoms with Crippen LogP contribution in [0.15, 0.2) is 24.3 Å². The van der Waals surface area contributed by atoms with Crippen LogP contribution in [0.3, 0.4) is 0 Å². The summed E-state index contributed by atoms with van der Waals surface area (Å²) in [5.41, 5.74) is 4.58. The Balaban J connectivity index is 1.97. The van der Waals surface area contributed by atoms with E-state index in [0.29, 0.717) is 0 Å². The third kappa shape index (κ3) is 2.50. The van der Waals surface area contributed by atoms with Gasteiger partial charge in [-0.25, -0.2) is 0 Å². The molecule has 0 aliphatic heterocycles. The van der Waals surface area contributed by atoms with E-state index >= 15 is 0 Å². The largest absolute Gasteiger partial charge is 0.0795 e. The van der Waals surface area contributed by atoms with Gasteiger partial charge in [-0.2, -0.15) is 0 Å². The van der Waals surface area contributed by atoms with Gasteiger partial charge in [0, 0.05) is 0 Å². The monoisotopic (exact) mass is 200 g/mol. The van der Waals surface area contributed by atoms with Crippen LogP contribution in [0.5, 0.6) is 0 Å². The quantitative estimate of drug-likeness (QED) is 0.619. The van der Waals surface area contributed by atoms with Crippen LogP contribution < -0.4 is 0 Å². The van der Waals surface area contributed by atoms with Crippen LogP contribution in [0, 0.1) is 0 Å². The molecule has 0 fully saturated rings. The van der Waals surface area contributed by atoms with Crippen molar-refractivity contribution >= 4 is 6.08 Å². The molecular formula is C15H20. The summed E-state index contributed by atoms with van der Waals surface area (Å²) in [5, 5.41) is 0. The Bertz CT molecular complexity index is 347. The molecule has 0 spiro atoms. The first-order valence-corrected chi connectivity index (χ1v) is 6.19. The number of hydrogen-bond donors (Lipinski definition) is 0. The Kier molecular flexibility index (Phi) is 3.60. The van der Waals surface area contributed by atoms with E-state index in [9.17, 15) is 0 Å². The second-order valence-electron chi connectivity index (χ2n) is 4.41. The van der Waals surface area contributed by atoms with Crippen LogP contribution in [-0.4, -0.2) is 0 Å². The molecule has 1 aliphatic carbocycles. The van der Waals surface area contributed by atoms with Gasteiger partial charge in [-0.3, -0.25) is 0 Å². The SMILES string of the molecule is CCCCCCc1cccc2c1C=CC2. The van der Waals surface area contributed by atoms with Crippen molar-refractivity contribution in [2.24, 2.45) is 0 Å². The van der Waals surface area contributed by atoms with Gasteiger partial charge in [0.1, 0.15) is 0 Å². The Morgan fingerprint density at radius 3 is 2.93 bits per heavy atom. The minimum atomic E-state index is 1.14. The van der Waals surface area contributed by atoms with Gasteiger partial charge in [0.2, 0.25) is 0 Å². The van der Waals surface area contributed by atoms with E-state index in [1.807, 2.05) is 0 Å². The number of fused-ring (bicyclic) bond motifs is 1. The van der Waals surface area contributed by atoms with Crippen molar-refractivity contribution in [1.29, 1.82) is 0 Å². The van der Waals surface area contributed by atoms with E-state index < -0.39 is 0 Å². The zero-order valence-electron chi connectivity index (χ0n) is 9.63. The smallest absolute Gasteiger partial charge is 0.00881 e. The van der Waals surface area contributed by atoms with E-state index in [-0.39, 0.29) is 0 Å². The molecule has 0 heterocycles. The zero-order chi connectivity index (χ0) is 10.5. The van der Waals surface area contributed by atoms with Crippen LogP contribution in [0.25, 0.3) is 6.08 Å². The standard InChI is InChI=1S/C15H20/c1-2-3-4-5-8-13-9-6-10-14-11-7-12-15(13)14/h6-7,9-10,12H,2-5,8,11H2,1H3. The first kappa shape index (κ1) is 10.5. The summed E-state index contributed by atoms with van der Waals surface area (Å²) >= 11 is 0. The van der Waals surface area contributed by atoms with Gasteiger partial charge in [-0.15, -0.1) is 0 Å². The number of rotatable bonds is 5. The average Bonchev–Trinajstić information content (AvgIpc) is 2.73. The highest BCUT2D eigenvalue weighted by molar-refractivity contribution is 5.63.